The van der Waals surface area contributed by atoms with Crippen LogP contribution in [-0.2, 0) is 19.4 Å². The molecule has 1 atom stereocenters. The molecule has 1 aromatic carbocycles. The molecule has 0 radical (unpaired) electrons. The molecule has 2 aromatic heterocycles. The number of carbonyl (C=O) groups is 1. The van der Waals surface area contributed by atoms with Gasteiger partial charge in [0, 0.05) is 21.7 Å². The number of aromatic hydroxyl groups is 1. The third-order valence-corrected chi connectivity index (χ3v) is 7.41. The summed E-state index contributed by atoms with van der Waals surface area (Å²) in [6.07, 6.45) is 6.01. The fraction of sp³-hybridized carbons (Fsp3) is 0.360. The minimum Gasteiger partial charge on any atom is -0.507 e. The van der Waals surface area contributed by atoms with E-state index in [-0.39, 0.29) is 17.1 Å². The number of fused-ring (bicyclic) bond motifs is 1. The molecule has 1 amide bonds. The molecule has 2 N–H and O–H groups in total. The number of hydrogen-bond acceptors (Lipinski definition) is 5. The van der Waals surface area contributed by atoms with Gasteiger partial charge in [-0.2, -0.15) is 0 Å². The number of nitrogens with one attached hydrogen (secondary N) is 1. The van der Waals surface area contributed by atoms with E-state index in [9.17, 15) is 9.90 Å². The van der Waals surface area contributed by atoms with Crippen LogP contribution in [0.4, 0.5) is 5.00 Å². The summed E-state index contributed by atoms with van der Waals surface area (Å²) in [4.78, 5) is 19.1. The number of furan rings is 1. The summed E-state index contributed by atoms with van der Waals surface area (Å²) in [7, 11) is 0. The lowest BCUT2D eigenvalue weighted by Crippen LogP contribution is -2.28. The van der Waals surface area contributed by atoms with Crippen LogP contribution in [0, 0.1) is 11.3 Å². The third kappa shape index (κ3) is 4.92. The van der Waals surface area contributed by atoms with E-state index in [4.69, 9.17) is 16.0 Å². The maximum absolute atomic E-state index is 13.2. The zero-order valence-electron chi connectivity index (χ0n) is 18.4. The van der Waals surface area contributed by atoms with E-state index in [2.05, 4.69) is 31.1 Å². The van der Waals surface area contributed by atoms with Gasteiger partial charge in [0.1, 0.15) is 16.5 Å². The van der Waals surface area contributed by atoms with Crippen molar-refractivity contribution in [2.45, 2.75) is 46.6 Å². The van der Waals surface area contributed by atoms with Gasteiger partial charge in [0.25, 0.3) is 5.91 Å². The Labute approximate surface area is 197 Å². The van der Waals surface area contributed by atoms with E-state index in [0.29, 0.717) is 39.4 Å². The number of rotatable bonds is 5. The van der Waals surface area contributed by atoms with Gasteiger partial charge in [-0.3, -0.25) is 4.79 Å². The zero-order chi connectivity index (χ0) is 22.9. The quantitative estimate of drug-likeness (QED) is 0.416. The molecule has 7 heteroatoms. The lowest BCUT2D eigenvalue weighted by molar-refractivity contribution is 0.0947. The summed E-state index contributed by atoms with van der Waals surface area (Å²) in [6, 6.07) is 8.44. The van der Waals surface area contributed by atoms with E-state index in [1.165, 1.54) is 10.9 Å². The Morgan fingerprint density at radius 1 is 1.38 bits per heavy atom. The van der Waals surface area contributed by atoms with Crippen LogP contribution in [0.1, 0.15) is 59.3 Å². The van der Waals surface area contributed by atoms with E-state index in [0.717, 1.165) is 24.8 Å². The van der Waals surface area contributed by atoms with Crippen LogP contribution >= 0.6 is 22.9 Å². The number of hydrogen-bond donors (Lipinski definition) is 2. The van der Waals surface area contributed by atoms with Crippen molar-refractivity contribution in [3.05, 3.63) is 68.9 Å². The molecule has 5 nitrogen and oxygen atoms in total. The van der Waals surface area contributed by atoms with Gasteiger partial charge in [-0.25, -0.2) is 4.99 Å². The normalized spacial score (nSPS) is 16.3. The molecule has 3 aromatic rings. The van der Waals surface area contributed by atoms with Crippen molar-refractivity contribution in [3.63, 3.8) is 0 Å². The molecule has 0 fully saturated rings. The minimum atomic E-state index is -0.157. The first-order chi connectivity index (χ1) is 15.2. The molecule has 2 heterocycles. The number of benzene rings is 1. The zero-order valence-corrected chi connectivity index (χ0v) is 20.0. The highest BCUT2D eigenvalue weighted by molar-refractivity contribution is 7.16. The SMILES string of the molecule is CC(C)(C)[C@H]1CCc2c(sc(N=Cc3cc(Cl)ccc3O)c2C(=O)NCc2ccco2)C1. The predicted octanol–water partition coefficient (Wildman–Crippen LogP) is 6.53. The first-order valence-corrected chi connectivity index (χ1v) is 11.9. The second-order valence-electron chi connectivity index (χ2n) is 9.21. The van der Waals surface area contributed by atoms with E-state index < -0.39 is 0 Å². The highest BCUT2D eigenvalue weighted by atomic mass is 35.5. The van der Waals surface area contributed by atoms with Crippen molar-refractivity contribution in [2.75, 3.05) is 0 Å². The second kappa shape index (κ2) is 9.12. The fourth-order valence-corrected chi connectivity index (χ4v) is 5.51. The fourth-order valence-electron chi connectivity index (χ4n) is 4.06. The molecule has 0 unspecified atom stereocenters. The summed E-state index contributed by atoms with van der Waals surface area (Å²) in [5, 5.41) is 14.3. The number of aliphatic imine (C=N–C) groups is 1. The monoisotopic (exact) mass is 470 g/mol. The van der Waals surface area contributed by atoms with Crippen LogP contribution < -0.4 is 5.32 Å². The number of phenols is 1. The molecule has 1 aliphatic carbocycles. The van der Waals surface area contributed by atoms with Gasteiger partial charge in [-0.05, 0) is 66.5 Å². The Morgan fingerprint density at radius 2 is 2.19 bits per heavy atom. The Kier molecular flexibility index (Phi) is 6.45. The third-order valence-electron chi connectivity index (χ3n) is 6.01. The molecule has 168 valence electrons. The van der Waals surface area contributed by atoms with Crippen molar-refractivity contribution < 1.29 is 14.3 Å². The molecule has 4 rings (SSSR count). The molecular formula is C25H27ClN2O3S. The van der Waals surface area contributed by atoms with Crippen molar-refractivity contribution in [2.24, 2.45) is 16.3 Å². The Balaban J connectivity index is 1.67. The van der Waals surface area contributed by atoms with Crippen molar-refractivity contribution in [1.82, 2.24) is 5.32 Å². The van der Waals surface area contributed by atoms with Gasteiger partial charge < -0.3 is 14.8 Å². The number of phenolic OH excluding ortho intramolecular Hbond substituents is 1. The van der Waals surface area contributed by atoms with Crippen molar-refractivity contribution in [1.29, 1.82) is 0 Å². The van der Waals surface area contributed by atoms with Gasteiger partial charge in [0.05, 0.1) is 18.4 Å². The molecular weight excluding hydrogens is 444 g/mol. The number of amides is 1. The summed E-state index contributed by atoms with van der Waals surface area (Å²) in [5.74, 6) is 1.19. The standard InChI is InChI=1S/C25H27ClN2O3S/c1-25(2,3)16-6-8-19-21(12-16)32-24(28-13-15-11-17(26)7-9-20(15)29)22(19)23(30)27-14-18-5-4-10-31-18/h4-5,7,9-11,13,16,29H,6,8,12,14H2,1-3H3,(H,27,30)/t16-/m0/s1. The highest BCUT2D eigenvalue weighted by Crippen LogP contribution is 2.45. The van der Waals surface area contributed by atoms with E-state index in [1.807, 2.05) is 6.07 Å². The van der Waals surface area contributed by atoms with Gasteiger partial charge >= 0.3 is 0 Å². The lowest BCUT2D eigenvalue weighted by atomic mass is 9.72. The molecule has 0 bridgehead atoms. The van der Waals surface area contributed by atoms with Crippen LogP contribution in [0.15, 0.2) is 46.0 Å². The summed E-state index contributed by atoms with van der Waals surface area (Å²) in [6.45, 7) is 7.13. The number of thiophene rings is 1. The van der Waals surface area contributed by atoms with Crippen molar-refractivity contribution in [3.8, 4) is 5.75 Å². The number of nitrogens with zero attached hydrogens (tertiary/aromatic N) is 1. The number of halogens is 1. The minimum absolute atomic E-state index is 0.0936. The van der Waals surface area contributed by atoms with Crippen LogP contribution in [0.25, 0.3) is 0 Å². The molecule has 0 spiro atoms. The Hall–Kier alpha value is -2.57. The summed E-state index contributed by atoms with van der Waals surface area (Å²) >= 11 is 7.63. The van der Waals surface area contributed by atoms with Gasteiger partial charge in [0.2, 0.25) is 0 Å². The first-order valence-electron chi connectivity index (χ1n) is 10.7. The largest absolute Gasteiger partial charge is 0.507 e. The van der Waals surface area contributed by atoms with Crippen molar-refractivity contribution >= 4 is 40.1 Å². The maximum atomic E-state index is 13.2. The van der Waals surface area contributed by atoms with Gasteiger partial charge in [0.15, 0.2) is 0 Å². The average molecular weight is 471 g/mol. The van der Waals surface area contributed by atoms with Crippen LogP contribution in [0.5, 0.6) is 5.75 Å². The highest BCUT2D eigenvalue weighted by Gasteiger charge is 2.33. The molecule has 32 heavy (non-hydrogen) atoms. The Morgan fingerprint density at radius 3 is 2.91 bits per heavy atom. The smallest absolute Gasteiger partial charge is 0.255 e. The Bertz CT molecular complexity index is 1140. The topological polar surface area (TPSA) is 74.8 Å². The van der Waals surface area contributed by atoms with Crippen LogP contribution in [-0.4, -0.2) is 17.2 Å². The predicted molar refractivity (Wildman–Crippen MR) is 130 cm³/mol. The van der Waals surface area contributed by atoms with Crippen LogP contribution in [0.2, 0.25) is 5.02 Å². The van der Waals surface area contributed by atoms with Gasteiger partial charge in [-0.1, -0.05) is 32.4 Å². The van der Waals surface area contributed by atoms with Gasteiger partial charge in [-0.15, -0.1) is 11.3 Å². The summed E-state index contributed by atoms with van der Waals surface area (Å²) in [5.41, 5.74) is 2.44. The molecule has 0 aliphatic heterocycles. The number of carbonyl (C=O) groups excluding carboxylic acids is 1. The summed E-state index contributed by atoms with van der Waals surface area (Å²) < 4.78 is 5.34. The lowest BCUT2D eigenvalue weighted by Gasteiger charge is -2.33. The molecule has 0 saturated heterocycles. The maximum Gasteiger partial charge on any atom is 0.255 e. The van der Waals surface area contributed by atoms with E-state index >= 15 is 0 Å². The first kappa shape index (κ1) is 22.6. The van der Waals surface area contributed by atoms with Crippen LogP contribution in [0.3, 0.4) is 0 Å². The molecule has 0 saturated carbocycles. The average Bonchev–Trinajstić information content (AvgIpc) is 3.39. The van der Waals surface area contributed by atoms with E-state index in [1.54, 1.807) is 42.0 Å². The second-order valence-corrected chi connectivity index (χ2v) is 10.7. The molecule has 1 aliphatic rings.